The van der Waals surface area contributed by atoms with Crippen molar-refractivity contribution in [3.05, 3.63) is 63.6 Å². The number of hydrogen-bond donors (Lipinski definition) is 1. The lowest BCUT2D eigenvalue weighted by atomic mass is 10.0. The Labute approximate surface area is 139 Å². The smallest absolute Gasteiger partial charge is 0.224 e. The number of carbonyl (C=O) groups excluding carboxylic acids is 2. The van der Waals surface area contributed by atoms with E-state index in [-0.39, 0.29) is 24.5 Å². The molecule has 0 aliphatic carbocycles. The molecular weight excluding hydrogens is 321 g/mol. The summed E-state index contributed by atoms with van der Waals surface area (Å²) in [7, 11) is 0. The van der Waals surface area contributed by atoms with E-state index in [0.29, 0.717) is 21.3 Å². The number of Topliss-reactive ketones (excluding diaryl/α,β-unsaturated/α-hetero) is 1. The van der Waals surface area contributed by atoms with Gasteiger partial charge in [-0.2, -0.15) is 0 Å². The number of amides is 1. The predicted octanol–water partition coefficient (Wildman–Crippen LogP) is 4.90. The van der Waals surface area contributed by atoms with Gasteiger partial charge in [0.25, 0.3) is 0 Å². The summed E-state index contributed by atoms with van der Waals surface area (Å²) in [6.07, 6.45) is 0.239. The number of benzene rings is 2. The first-order valence-corrected chi connectivity index (χ1v) is 7.56. The molecule has 22 heavy (non-hydrogen) atoms. The Hall–Kier alpha value is -1.84. The fourth-order valence-corrected chi connectivity index (χ4v) is 2.25. The maximum atomic E-state index is 12.0. The monoisotopic (exact) mass is 335 g/mol. The molecule has 0 spiro atoms. The molecule has 1 N–H and O–H groups in total. The first-order chi connectivity index (χ1) is 10.5. The molecule has 0 atom stereocenters. The molecule has 2 aromatic carbocycles. The third kappa shape index (κ3) is 4.58. The molecule has 3 nitrogen and oxygen atoms in total. The van der Waals surface area contributed by atoms with Gasteiger partial charge in [0, 0.05) is 23.4 Å². The van der Waals surface area contributed by atoms with Gasteiger partial charge in [0.1, 0.15) is 0 Å². The van der Waals surface area contributed by atoms with Crippen LogP contribution in [-0.4, -0.2) is 11.7 Å². The van der Waals surface area contributed by atoms with Crippen molar-refractivity contribution < 1.29 is 9.59 Å². The first-order valence-electron chi connectivity index (χ1n) is 6.80. The lowest BCUT2D eigenvalue weighted by Crippen LogP contribution is -2.13. The van der Waals surface area contributed by atoms with Gasteiger partial charge in [-0.05, 0) is 25.1 Å². The number of ketones is 1. The second-order valence-corrected chi connectivity index (χ2v) is 5.81. The molecule has 5 heteroatoms. The Morgan fingerprint density at radius 3 is 2.36 bits per heavy atom. The van der Waals surface area contributed by atoms with Crippen molar-refractivity contribution in [1.82, 2.24) is 0 Å². The van der Waals surface area contributed by atoms with Gasteiger partial charge in [-0.25, -0.2) is 0 Å². The summed E-state index contributed by atoms with van der Waals surface area (Å²) >= 11 is 11.8. The first kappa shape index (κ1) is 16.5. The highest BCUT2D eigenvalue weighted by Gasteiger charge is 2.11. The fourth-order valence-electron chi connectivity index (χ4n) is 1.92. The standard InChI is InChI=1S/C17H15Cl2NO2/c1-11-2-4-12(5-3-11)16(21)8-9-17(22)20-15-10-13(18)6-7-14(15)19/h2-7,10H,8-9H2,1H3,(H,20,22). The van der Waals surface area contributed by atoms with E-state index in [4.69, 9.17) is 23.2 Å². The zero-order valence-electron chi connectivity index (χ0n) is 12.0. The van der Waals surface area contributed by atoms with Crippen molar-refractivity contribution >= 4 is 40.6 Å². The molecule has 0 heterocycles. The number of halogens is 2. The van der Waals surface area contributed by atoms with Crippen LogP contribution >= 0.6 is 23.2 Å². The van der Waals surface area contributed by atoms with Gasteiger partial charge in [-0.1, -0.05) is 53.0 Å². The maximum absolute atomic E-state index is 12.0. The molecule has 1 amide bonds. The van der Waals surface area contributed by atoms with Crippen molar-refractivity contribution in [1.29, 1.82) is 0 Å². The number of anilines is 1. The average molecular weight is 336 g/mol. The summed E-state index contributed by atoms with van der Waals surface area (Å²) in [4.78, 5) is 23.9. The molecule has 0 saturated carbocycles. The Bertz CT molecular complexity index is 696. The minimum absolute atomic E-state index is 0.0626. The van der Waals surface area contributed by atoms with Crippen LogP contribution in [0.2, 0.25) is 10.0 Å². The topological polar surface area (TPSA) is 46.2 Å². The van der Waals surface area contributed by atoms with E-state index >= 15 is 0 Å². The van der Waals surface area contributed by atoms with E-state index < -0.39 is 0 Å². The highest BCUT2D eigenvalue weighted by atomic mass is 35.5. The lowest BCUT2D eigenvalue weighted by Gasteiger charge is -2.07. The normalized spacial score (nSPS) is 10.3. The lowest BCUT2D eigenvalue weighted by molar-refractivity contribution is -0.116. The molecule has 0 saturated heterocycles. The maximum Gasteiger partial charge on any atom is 0.224 e. The number of carbonyl (C=O) groups is 2. The van der Waals surface area contributed by atoms with Gasteiger partial charge < -0.3 is 5.32 Å². The molecule has 0 bridgehead atoms. The highest BCUT2D eigenvalue weighted by Crippen LogP contribution is 2.25. The molecular formula is C17H15Cl2NO2. The van der Waals surface area contributed by atoms with E-state index in [1.165, 1.54) is 0 Å². The summed E-state index contributed by atoms with van der Waals surface area (Å²) in [5.74, 6) is -0.336. The summed E-state index contributed by atoms with van der Waals surface area (Å²) < 4.78 is 0. The van der Waals surface area contributed by atoms with Crippen molar-refractivity contribution in [2.75, 3.05) is 5.32 Å². The van der Waals surface area contributed by atoms with Crippen LogP contribution in [0.5, 0.6) is 0 Å². The van der Waals surface area contributed by atoms with Crippen LogP contribution in [0, 0.1) is 6.92 Å². The number of nitrogens with one attached hydrogen (secondary N) is 1. The Morgan fingerprint density at radius 2 is 1.68 bits per heavy atom. The van der Waals surface area contributed by atoms with E-state index in [0.717, 1.165) is 5.56 Å². The minimum Gasteiger partial charge on any atom is -0.325 e. The molecule has 0 radical (unpaired) electrons. The van der Waals surface area contributed by atoms with E-state index in [9.17, 15) is 9.59 Å². The quantitative estimate of drug-likeness (QED) is 0.789. The largest absolute Gasteiger partial charge is 0.325 e. The second-order valence-electron chi connectivity index (χ2n) is 4.96. The van der Waals surface area contributed by atoms with Crippen molar-refractivity contribution in [2.45, 2.75) is 19.8 Å². The summed E-state index contributed by atoms with van der Waals surface area (Å²) in [5, 5.41) is 3.55. The molecule has 0 unspecified atom stereocenters. The Morgan fingerprint density at radius 1 is 1.00 bits per heavy atom. The van der Waals surface area contributed by atoms with Gasteiger partial charge in [0.15, 0.2) is 5.78 Å². The van der Waals surface area contributed by atoms with Gasteiger partial charge in [0.05, 0.1) is 10.7 Å². The summed E-state index contributed by atoms with van der Waals surface area (Å²) in [5.41, 5.74) is 2.14. The molecule has 0 aliphatic rings. The third-order valence-electron chi connectivity index (χ3n) is 3.16. The zero-order valence-corrected chi connectivity index (χ0v) is 13.5. The second kappa shape index (κ2) is 7.43. The van der Waals surface area contributed by atoms with Crippen LogP contribution in [0.15, 0.2) is 42.5 Å². The van der Waals surface area contributed by atoms with Crippen LogP contribution in [-0.2, 0) is 4.79 Å². The van der Waals surface area contributed by atoms with Crippen molar-refractivity contribution in [3.63, 3.8) is 0 Å². The summed E-state index contributed by atoms with van der Waals surface area (Å²) in [6.45, 7) is 1.95. The Balaban J connectivity index is 1.91. The molecule has 0 aliphatic heterocycles. The molecule has 0 aromatic heterocycles. The molecule has 114 valence electrons. The van der Waals surface area contributed by atoms with Crippen LogP contribution in [0.25, 0.3) is 0 Å². The van der Waals surface area contributed by atoms with Gasteiger partial charge >= 0.3 is 0 Å². The van der Waals surface area contributed by atoms with Crippen LogP contribution in [0.3, 0.4) is 0 Å². The van der Waals surface area contributed by atoms with Crippen LogP contribution < -0.4 is 5.32 Å². The van der Waals surface area contributed by atoms with Crippen molar-refractivity contribution in [2.24, 2.45) is 0 Å². The average Bonchev–Trinajstić information content (AvgIpc) is 2.49. The number of hydrogen-bond acceptors (Lipinski definition) is 2. The van der Waals surface area contributed by atoms with Crippen LogP contribution in [0.1, 0.15) is 28.8 Å². The SMILES string of the molecule is Cc1ccc(C(=O)CCC(=O)Nc2cc(Cl)ccc2Cl)cc1. The van der Waals surface area contributed by atoms with E-state index in [1.807, 2.05) is 19.1 Å². The van der Waals surface area contributed by atoms with E-state index in [2.05, 4.69) is 5.32 Å². The predicted molar refractivity (Wildman–Crippen MR) is 89.8 cm³/mol. The number of aryl methyl sites for hydroxylation is 1. The molecule has 0 fully saturated rings. The van der Waals surface area contributed by atoms with Gasteiger partial charge in [-0.3, -0.25) is 9.59 Å². The summed E-state index contributed by atoms with van der Waals surface area (Å²) in [6, 6.07) is 12.1. The van der Waals surface area contributed by atoms with Crippen LogP contribution in [0.4, 0.5) is 5.69 Å². The zero-order chi connectivity index (χ0) is 16.1. The molecule has 2 rings (SSSR count). The third-order valence-corrected chi connectivity index (χ3v) is 3.72. The fraction of sp³-hybridized carbons (Fsp3) is 0.176. The van der Waals surface area contributed by atoms with Crippen molar-refractivity contribution in [3.8, 4) is 0 Å². The Kier molecular flexibility index (Phi) is 5.58. The van der Waals surface area contributed by atoms with Gasteiger partial charge in [0.2, 0.25) is 5.91 Å². The van der Waals surface area contributed by atoms with E-state index in [1.54, 1.807) is 30.3 Å². The minimum atomic E-state index is -0.273. The highest BCUT2D eigenvalue weighted by molar-refractivity contribution is 6.35. The van der Waals surface area contributed by atoms with Gasteiger partial charge in [-0.15, -0.1) is 0 Å². The molecule has 2 aromatic rings. The number of rotatable bonds is 5.